The van der Waals surface area contributed by atoms with E-state index >= 15 is 0 Å². The molecule has 0 bridgehead atoms. The number of aromatic amines is 1. The highest BCUT2D eigenvalue weighted by atomic mass is 16.6. The van der Waals surface area contributed by atoms with Crippen LogP contribution < -0.4 is 10.6 Å². The molecule has 5 nitrogen and oxygen atoms in total. The number of aromatic nitrogens is 1. The van der Waals surface area contributed by atoms with Crippen LogP contribution in [0.25, 0.3) is 0 Å². The lowest BCUT2D eigenvalue weighted by Gasteiger charge is -2.19. The van der Waals surface area contributed by atoms with Gasteiger partial charge in [-0.2, -0.15) is 0 Å². The molecule has 1 aromatic carbocycles. The zero-order valence-electron chi connectivity index (χ0n) is 14.0. The molecule has 2 rings (SSSR count). The van der Waals surface area contributed by atoms with Crippen molar-refractivity contribution in [2.24, 2.45) is 0 Å². The van der Waals surface area contributed by atoms with E-state index in [9.17, 15) is 4.79 Å². The largest absolute Gasteiger partial charge is 0.444 e. The van der Waals surface area contributed by atoms with Crippen molar-refractivity contribution in [2.75, 3.05) is 11.9 Å². The second kappa shape index (κ2) is 7.83. The molecule has 2 aromatic rings. The Morgan fingerprint density at radius 3 is 2.48 bits per heavy atom. The van der Waals surface area contributed by atoms with Crippen molar-refractivity contribution >= 4 is 11.8 Å². The van der Waals surface area contributed by atoms with Crippen LogP contribution in [0.2, 0.25) is 0 Å². The molecule has 0 saturated carbocycles. The van der Waals surface area contributed by atoms with Gasteiger partial charge in [0.2, 0.25) is 0 Å². The first-order chi connectivity index (χ1) is 10.9. The first kappa shape index (κ1) is 17.1. The fourth-order valence-corrected chi connectivity index (χ4v) is 2.11. The molecule has 0 fully saturated rings. The normalized spacial score (nSPS) is 11.3. The molecule has 0 saturated heterocycles. The minimum atomic E-state index is -0.491. The molecular weight excluding hydrogens is 290 g/mol. The number of carbonyl (C=O) groups excluding carboxylic acids is 1. The lowest BCUT2D eigenvalue weighted by atomic mass is 10.1. The third-order valence-electron chi connectivity index (χ3n) is 3.18. The number of H-pyrrole nitrogens is 1. The van der Waals surface area contributed by atoms with Crippen LogP contribution in [0.15, 0.2) is 42.7 Å². The van der Waals surface area contributed by atoms with Crippen molar-refractivity contribution in [2.45, 2.75) is 39.3 Å². The molecule has 0 radical (unpaired) electrons. The number of nitrogens with one attached hydrogen (secondary N) is 3. The Hall–Kier alpha value is -2.27. The first-order valence-corrected chi connectivity index (χ1v) is 7.84. The number of hydrogen-bond donors (Lipinski definition) is 3. The van der Waals surface area contributed by atoms with Crippen molar-refractivity contribution in [3.05, 3.63) is 53.9 Å². The van der Waals surface area contributed by atoms with Gasteiger partial charge in [-0.1, -0.05) is 12.1 Å². The molecule has 1 aromatic heterocycles. The molecule has 5 heteroatoms. The summed E-state index contributed by atoms with van der Waals surface area (Å²) < 4.78 is 5.22. The average molecular weight is 315 g/mol. The summed E-state index contributed by atoms with van der Waals surface area (Å²) in [6.07, 6.45) is 4.42. The molecule has 3 N–H and O–H groups in total. The van der Waals surface area contributed by atoms with Crippen molar-refractivity contribution in [3.63, 3.8) is 0 Å². The molecule has 124 valence electrons. The fraction of sp³-hybridized carbons (Fsp3) is 0.389. The third-order valence-corrected chi connectivity index (χ3v) is 3.18. The van der Waals surface area contributed by atoms with Gasteiger partial charge in [-0.15, -0.1) is 0 Å². The maximum atomic E-state index is 11.7. The maximum absolute atomic E-state index is 11.7. The fourth-order valence-electron chi connectivity index (χ4n) is 2.11. The van der Waals surface area contributed by atoms with E-state index in [1.165, 1.54) is 11.1 Å². The molecular formula is C18H25N3O2. The van der Waals surface area contributed by atoms with Crippen molar-refractivity contribution in [1.29, 1.82) is 0 Å². The summed E-state index contributed by atoms with van der Waals surface area (Å²) in [5, 5.41) is 6.13. The zero-order chi connectivity index (χ0) is 16.7. The van der Waals surface area contributed by atoms with Gasteiger partial charge in [0.05, 0.1) is 0 Å². The van der Waals surface area contributed by atoms with Gasteiger partial charge in [0.25, 0.3) is 0 Å². The lowest BCUT2D eigenvalue weighted by Crippen LogP contribution is -2.27. The standard InChI is InChI=1S/C18H25N3O2/c1-18(2,3)23-17(22)21-16-6-4-14(5-7-16)8-10-19-12-15-9-11-20-13-15/h4-7,9,11,13,19-20H,8,10,12H2,1-3H3,(H,21,22). The summed E-state index contributed by atoms with van der Waals surface area (Å²) in [6.45, 7) is 7.30. The van der Waals surface area contributed by atoms with E-state index < -0.39 is 11.7 Å². The molecule has 0 aliphatic heterocycles. The Morgan fingerprint density at radius 1 is 1.13 bits per heavy atom. The summed E-state index contributed by atoms with van der Waals surface area (Å²) in [7, 11) is 0. The van der Waals surface area contributed by atoms with Crippen LogP contribution in [0.5, 0.6) is 0 Å². The van der Waals surface area contributed by atoms with Gasteiger partial charge < -0.3 is 15.0 Å². The quantitative estimate of drug-likeness (QED) is 0.712. The Morgan fingerprint density at radius 2 is 1.87 bits per heavy atom. The van der Waals surface area contributed by atoms with Crippen LogP contribution in [0, 0.1) is 0 Å². The highest BCUT2D eigenvalue weighted by Gasteiger charge is 2.15. The Bertz CT molecular complexity index is 598. The van der Waals surface area contributed by atoms with Crippen LogP contribution >= 0.6 is 0 Å². The van der Waals surface area contributed by atoms with Crippen molar-refractivity contribution in [3.8, 4) is 0 Å². The SMILES string of the molecule is CC(C)(C)OC(=O)Nc1ccc(CCNCc2cc[nH]c2)cc1. The smallest absolute Gasteiger partial charge is 0.412 e. The topological polar surface area (TPSA) is 66.2 Å². The minimum absolute atomic E-state index is 0.432. The highest BCUT2D eigenvalue weighted by molar-refractivity contribution is 5.84. The summed E-state index contributed by atoms with van der Waals surface area (Å²) in [6, 6.07) is 9.89. The number of amides is 1. The number of rotatable bonds is 6. The van der Waals surface area contributed by atoms with Crippen molar-refractivity contribution in [1.82, 2.24) is 10.3 Å². The van der Waals surface area contributed by atoms with Crippen molar-refractivity contribution < 1.29 is 9.53 Å². The van der Waals surface area contributed by atoms with Crippen LogP contribution in [-0.4, -0.2) is 23.2 Å². The molecule has 0 atom stereocenters. The monoisotopic (exact) mass is 315 g/mol. The van der Waals surface area contributed by atoms with E-state index in [0.29, 0.717) is 0 Å². The lowest BCUT2D eigenvalue weighted by molar-refractivity contribution is 0.0636. The van der Waals surface area contributed by atoms with Crippen LogP contribution in [0.4, 0.5) is 10.5 Å². The Labute approximate surface area is 137 Å². The predicted octanol–water partition coefficient (Wildman–Crippen LogP) is 3.69. The first-order valence-electron chi connectivity index (χ1n) is 7.84. The second-order valence-corrected chi connectivity index (χ2v) is 6.47. The van der Waals surface area contributed by atoms with E-state index in [4.69, 9.17) is 4.74 Å². The van der Waals surface area contributed by atoms with Gasteiger partial charge in [0, 0.05) is 24.6 Å². The van der Waals surface area contributed by atoms with Crippen LogP contribution in [0.3, 0.4) is 0 Å². The number of benzene rings is 1. The Kier molecular flexibility index (Phi) is 5.82. The highest BCUT2D eigenvalue weighted by Crippen LogP contribution is 2.13. The maximum Gasteiger partial charge on any atom is 0.412 e. The molecule has 23 heavy (non-hydrogen) atoms. The average Bonchev–Trinajstić information content (AvgIpc) is 2.96. The third kappa shape index (κ3) is 6.57. The van der Waals surface area contributed by atoms with Gasteiger partial charge in [-0.25, -0.2) is 4.79 Å². The molecule has 0 spiro atoms. The van der Waals surface area contributed by atoms with E-state index in [2.05, 4.69) is 21.7 Å². The van der Waals surface area contributed by atoms with Gasteiger partial charge in [0.15, 0.2) is 0 Å². The number of hydrogen-bond acceptors (Lipinski definition) is 3. The van der Waals surface area contributed by atoms with E-state index in [-0.39, 0.29) is 0 Å². The predicted molar refractivity (Wildman–Crippen MR) is 92.5 cm³/mol. The molecule has 0 unspecified atom stereocenters. The molecule has 1 heterocycles. The minimum Gasteiger partial charge on any atom is -0.444 e. The number of ether oxygens (including phenoxy) is 1. The van der Waals surface area contributed by atoms with E-state index in [0.717, 1.165) is 25.2 Å². The van der Waals surface area contributed by atoms with Crippen LogP contribution in [-0.2, 0) is 17.7 Å². The Balaban J connectivity index is 1.72. The molecule has 1 amide bonds. The van der Waals surface area contributed by atoms with Gasteiger partial charge in [0.1, 0.15) is 5.60 Å². The second-order valence-electron chi connectivity index (χ2n) is 6.47. The number of carbonyl (C=O) groups is 1. The van der Waals surface area contributed by atoms with E-state index in [1.54, 1.807) is 0 Å². The van der Waals surface area contributed by atoms with Crippen LogP contribution in [0.1, 0.15) is 31.9 Å². The van der Waals surface area contributed by atoms with Gasteiger partial charge in [-0.05, 0) is 63.1 Å². The summed E-state index contributed by atoms with van der Waals surface area (Å²) in [5.74, 6) is 0. The van der Waals surface area contributed by atoms with Gasteiger partial charge in [-0.3, -0.25) is 5.32 Å². The van der Waals surface area contributed by atoms with Gasteiger partial charge >= 0.3 is 6.09 Å². The molecule has 0 aliphatic rings. The van der Waals surface area contributed by atoms with E-state index in [1.807, 2.05) is 57.4 Å². The summed E-state index contributed by atoms with van der Waals surface area (Å²) >= 11 is 0. The zero-order valence-corrected chi connectivity index (χ0v) is 14.0. The molecule has 0 aliphatic carbocycles. The number of anilines is 1. The summed E-state index contributed by atoms with van der Waals surface area (Å²) in [4.78, 5) is 14.7. The summed E-state index contributed by atoms with van der Waals surface area (Å²) in [5.41, 5.74) is 2.72.